The predicted molar refractivity (Wildman–Crippen MR) is 83.5 cm³/mol. The van der Waals surface area contributed by atoms with Gasteiger partial charge in [0, 0.05) is 19.1 Å². The normalized spacial score (nSPS) is 28.5. The lowest BCUT2D eigenvalue weighted by Crippen LogP contribution is -2.50. The molecule has 21 heavy (non-hydrogen) atoms. The molecule has 2 fully saturated rings. The van der Waals surface area contributed by atoms with Crippen LogP contribution >= 0.6 is 0 Å². The maximum absolute atomic E-state index is 11.1. The van der Waals surface area contributed by atoms with Crippen LogP contribution in [-0.2, 0) is 9.53 Å². The van der Waals surface area contributed by atoms with Crippen molar-refractivity contribution in [3.05, 3.63) is 0 Å². The molecule has 1 aliphatic carbocycles. The molecule has 0 aromatic rings. The van der Waals surface area contributed by atoms with Crippen molar-refractivity contribution in [2.45, 2.75) is 82.8 Å². The van der Waals surface area contributed by atoms with Crippen LogP contribution in [0.15, 0.2) is 0 Å². The van der Waals surface area contributed by atoms with Gasteiger partial charge in [0.25, 0.3) is 0 Å². The summed E-state index contributed by atoms with van der Waals surface area (Å²) in [6.45, 7) is 2.03. The van der Waals surface area contributed by atoms with E-state index in [2.05, 4.69) is 4.90 Å². The highest BCUT2D eigenvalue weighted by atomic mass is 16.5. The summed E-state index contributed by atoms with van der Waals surface area (Å²) in [6, 6.07) is 0.565. The Balaban J connectivity index is 1.85. The third-order valence-electron chi connectivity index (χ3n) is 4.96. The first-order valence-corrected chi connectivity index (χ1v) is 8.86. The third-order valence-corrected chi connectivity index (χ3v) is 4.96. The molecule has 0 radical (unpaired) electrons. The van der Waals surface area contributed by atoms with Crippen LogP contribution < -0.4 is 0 Å². The molecule has 2 aliphatic rings. The maximum Gasteiger partial charge on any atom is 0.334 e. The minimum Gasteiger partial charge on any atom is -0.479 e. The Kier molecular flexibility index (Phi) is 7.51. The Morgan fingerprint density at radius 3 is 1.95 bits per heavy atom. The molecule has 0 amide bonds. The fourth-order valence-corrected chi connectivity index (χ4v) is 3.66. The van der Waals surface area contributed by atoms with Gasteiger partial charge >= 0.3 is 5.97 Å². The van der Waals surface area contributed by atoms with Crippen LogP contribution in [0.5, 0.6) is 0 Å². The minimum atomic E-state index is -0.812. The highest BCUT2D eigenvalue weighted by molar-refractivity contribution is 5.72. The van der Waals surface area contributed by atoms with Crippen LogP contribution in [0.1, 0.15) is 70.6 Å². The molecule has 1 aliphatic heterocycles. The van der Waals surface area contributed by atoms with Crippen LogP contribution in [0.2, 0.25) is 0 Å². The molecule has 1 saturated carbocycles. The number of hydrogen-bond donors (Lipinski definition) is 1. The molecular formula is C17H31NO3. The molecule has 1 saturated heterocycles. The highest BCUT2D eigenvalue weighted by Gasteiger charge is 2.29. The molecule has 1 heterocycles. The quantitative estimate of drug-likeness (QED) is 0.848. The number of carboxylic acids is 1. The summed E-state index contributed by atoms with van der Waals surface area (Å²) in [5.74, 6) is -0.812. The number of nitrogens with zero attached hydrogens (tertiary/aromatic N) is 1. The smallest absolute Gasteiger partial charge is 0.334 e. The standard InChI is InChI=1S/C17H31NO3/c19-17(20)16-14-18(12-13-21-16)15-10-8-6-4-2-1-3-5-7-9-11-15/h15-16H,1-14H2,(H,19,20). The lowest BCUT2D eigenvalue weighted by molar-refractivity contribution is -0.157. The van der Waals surface area contributed by atoms with Crippen molar-refractivity contribution in [1.82, 2.24) is 4.90 Å². The van der Waals surface area contributed by atoms with E-state index in [-0.39, 0.29) is 0 Å². The molecule has 0 aromatic carbocycles. The summed E-state index contributed by atoms with van der Waals surface area (Å²) in [5, 5.41) is 9.15. The summed E-state index contributed by atoms with van der Waals surface area (Å²) >= 11 is 0. The van der Waals surface area contributed by atoms with Crippen LogP contribution in [0.3, 0.4) is 0 Å². The van der Waals surface area contributed by atoms with E-state index in [4.69, 9.17) is 9.84 Å². The van der Waals surface area contributed by atoms with E-state index in [1.807, 2.05) is 0 Å². The van der Waals surface area contributed by atoms with Gasteiger partial charge in [0.2, 0.25) is 0 Å². The highest BCUT2D eigenvalue weighted by Crippen LogP contribution is 2.22. The molecule has 1 atom stereocenters. The Labute approximate surface area is 128 Å². The molecule has 122 valence electrons. The zero-order chi connectivity index (χ0) is 14.9. The lowest BCUT2D eigenvalue weighted by atomic mass is 9.96. The van der Waals surface area contributed by atoms with E-state index < -0.39 is 12.1 Å². The van der Waals surface area contributed by atoms with Crippen molar-refractivity contribution < 1.29 is 14.6 Å². The van der Waals surface area contributed by atoms with Crippen LogP contribution in [0, 0.1) is 0 Å². The van der Waals surface area contributed by atoms with E-state index in [0.717, 1.165) is 6.54 Å². The van der Waals surface area contributed by atoms with E-state index in [9.17, 15) is 4.79 Å². The predicted octanol–water partition coefficient (Wildman–Crippen LogP) is 3.45. The molecule has 4 nitrogen and oxygen atoms in total. The van der Waals surface area contributed by atoms with E-state index in [0.29, 0.717) is 19.2 Å². The number of carboxylic acid groups (broad SMARTS) is 1. The molecule has 0 bridgehead atoms. The Morgan fingerprint density at radius 1 is 0.905 bits per heavy atom. The number of carbonyl (C=O) groups is 1. The van der Waals surface area contributed by atoms with Crippen molar-refractivity contribution in [3.8, 4) is 0 Å². The molecule has 1 unspecified atom stereocenters. The van der Waals surface area contributed by atoms with Crippen molar-refractivity contribution >= 4 is 5.97 Å². The Hall–Kier alpha value is -0.610. The summed E-state index contributed by atoms with van der Waals surface area (Å²) in [5.41, 5.74) is 0. The Morgan fingerprint density at radius 2 is 1.43 bits per heavy atom. The fourth-order valence-electron chi connectivity index (χ4n) is 3.66. The molecular weight excluding hydrogens is 266 g/mol. The van der Waals surface area contributed by atoms with Crippen LogP contribution in [0.4, 0.5) is 0 Å². The first kappa shape index (κ1) is 16.8. The van der Waals surface area contributed by atoms with Gasteiger partial charge in [-0.05, 0) is 12.8 Å². The third kappa shape index (κ3) is 5.95. The van der Waals surface area contributed by atoms with Crippen LogP contribution in [-0.4, -0.2) is 47.8 Å². The zero-order valence-electron chi connectivity index (χ0n) is 13.3. The van der Waals surface area contributed by atoms with Gasteiger partial charge in [-0.1, -0.05) is 57.8 Å². The Bertz CT molecular complexity index is 296. The molecule has 2 rings (SSSR count). The van der Waals surface area contributed by atoms with Gasteiger partial charge in [-0.2, -0.15) is 0 Å². The molecule has 0 aromatic heterocycles. The average molecular weight is 297 g/mol. The first-order chi connectivity index (χ1) is 10.3. The average Bonchev–Trinajstić information content (AvgIpc) is 2.48. The largest absolute Gasteiger partial charge is 0.479 e. The van der Waals surface area contributed by atoms with E-state index in [1.165, 1.54) is 70.6 Å². The van der Waals surface area contributed by atoms with Crippen molar-refractivity contribution in [1.29, 1.82) is 0 Å². The number of rotatable bonds is 2. The summed E-state index contributed by atoms with van der Waals surface area (Å²) < 4.78 is 5.36. The minimum absolute atomic E-state index is 0.563. The monoisotopic (exact) mass is 297 g/mol. The van der Waals surface area contributed by atoms with Gasteiger partial charge in [-0.25, -0.2) is 4.79 Å². The first-order valence-electron chi connectivity index (χ1n) is 8.86. The van der Waals surface area contributed by atoms with Crippen molar-refractivity contribution in [3.63, 3.8) is 0 Å². The van der Waals surface area contributed by atoms with Crippen LogP contribution in [0.25, 0.3) is 0 Å². The summed E-state index contributed by atoms with van der Waals surface area (Å²) in [6.07, 6.45) is 14.0. The van der Waals surface area contributed by atoms with Gasteiger partial charge in [-0.15, -0.1) is 0 Å². The lowest BCUT2D eigenvalue weighted by Gasteiger charge is -2.37. The fraction of sp³-hybridized carbons (Fsp3) is 0.941. The van der Waals surface area contributed by atoms with Gasteiger partial charge < -0.3 is 9.84 Å². The molecule has 0 spiro atoms. The number of ether oxygens (including phenoxy) is 1. The maximum atomic E-state index is 11.1. The van der Waals surface area contributed by atoms with E-state index in [1.54, 1.807) is 0 Å². The van der Waals surface area contributed by atoms with Crippen molar-refractivity contribution in [2.75, 3.05) is 19.7 Å². The second kappa shape index (κ2) is 9.42. The topological polar surface area (TPSA) is 49.8 Å². The van der Waals surface area contributed by atoms with Crippen molar-refractivity contribution in [2.24, 2.45) is 0 Å². The SMILES string of the molecule is O=C(O)C1CN(C2CCCCCCCCCCC2)CCO1. The van der Waals surface area contributed by atoms with Gasteiger partial charge in [-0.3, -0.25) is 4.90 Å². The second-order valence-corrected chi connectivity index (χ2v) is 6.61. The number of morpholine rings is 1. The zero-order valence-corrected chi connectivity index (χ0v) is 13.3. The summed E-state index contributed by atoms with van der Waals surface area (Å²) in [4.78, 5) is 13.5. The number of aliphatic carboxylic acids is 1. The summed E-state index contributed by atoms with van der Waals surface area (Å²) in [7, 11) is 0. The van der Waals surface area contributed by atoms with Gasteiger partial charge in [0.15, 0.2) is 6.10 Å². The van der Waals surface area contributed by atoms with Gasteiger partial charge in [0.05, 0.1) is 6.61 Å². The molecule has 1 N–H and O–H groups in total. The second-order valence-electron chi connectivity index (χ2n) is 6.61. The molecule has 4 heteroatoms. The number of hydrogen-bond acceptors (Lipinski definition) is 3. The van der Waals surface area contributed by atoms with Gasteiger partial charge in [0.1, 0.15) is 0 Å². The van der Waals surface area contributed by atoms with E-state index >= 15 is 0 Å².